The molecule has 2 rings (SSSR count). The monoisotopic (exact) mass is 324 g/mol. The summed E-state index contributed by atoms with van der Waals surface area (Å²) in [6, 6.07) is 9.05. The van der Waals surface area contributed by atoms with Crippen molar-refractivity contribution in [1.82, 2.24) is 10.2 Å². The quantitative estimate of drug-likeness (QED) is 0.922. The fraction of sp³-hybridized carbons (Fsp3) is 0.611. The van der Waals surface area contributed by atoms with Crippen molar-refractivity contribution in [3.05, 3.63) is 35.4 Å². The standard InChI is InChI=1S/C18H28N2O.ClH/c1-5-14-6-8-15(9-7-14)18(2,3)17(21)20-12-10-16(19-4)11-13-20;/h6-9,16,19H,5,10-13H2,1-4H3;1H. The van der Waals surface area contributed by atoms with Gasteiger partial charge < -0.3 is 10.2 Å². The molecule has 4 heteroatoms. The average Bonchev–Trinajstić information content (AvgIpc) is 2.54. The van der Waals surface area contributed by atoms with E-state index in [-0.39, 0.29) is 18.3 Å². The lowest BCUT2D eigenvalue weighted by atomic mass is 9.82. The van der Waals surface area contributed by atoms with Gasteiger partial charge in [0, 0.05) is 19.1 Å². The van der Waals surface area contributed by atoms with E-state index < -0.39 is 5.41 Å². The fourth-order valence-corrected chi connectivity index (χ4v) is 3.05. The highest BCUT2D eigenvalue weighted by Gasteiger charge is 2.35. The van der Waals surface area contributed by atoms with Crippen LogP contribution in [0.2, 0.25) is 0 Å². The summed E-state index contributed by atoms with van der Waals surface area (Å²) >= 11 is 0. The second-order valence-corrected chi connectivity index (χ2v) is 6.53. The summed E-state index contributed by atoms with van der Waals surface area (Å²) in [5.74, 6) is 0.251. The van der Waals surface area contributed by atoms with E-state index in [9.17, 15) is 4.79 Å². The molecule has 22 heavy (non-hydrogen) atoms. The molecule has 0 atom stereocenters. The van der Waals surface area contributed by atoms with Crippen LogP contribution in [0.25, 0.3) is 0 Å². The van der Waals surface area contributed by atoms with Crippen LogP contribution in [0, 0.1) is 0 Å². The first-order valence-electron chi connectivity index (χ1n) is 8.05. The minimum atomic E-state index is -0.446. The molecule has 1 N–H and O–H groups in total. The van der Waals surface area contributed by atoms with Gasteiger partial charge in [-0.25, -0.2) is 0 Å². The lowest BCUT2D eigenvalue weighted by molar-refractivity contribution is -0.137. The van der Waals surface area contributed by atoms with Crippen molar-refractivity contribution >= 4 is 18.3 Å². The molecule has 0 aliphatic carbocycles. The predicted octanol–water partition coefficient (Wildman–Crippen LogP) is 3.16. The molecular formula is C18H29ClN2O. The van der Waals surface area contributed by atoms with E-state index >= 15 is 0 Å². The van der Waals surface area contributed by atoms with Crippen LogP contribution in [-0.2, 0) is 16.6 Å². The van der Waals surface area contributed by atoms with Crippen LogP contribution in [-0.4, -0.2) is 37.0 Å². The molecule has 0 bridgehead atoms. The molecule has 0 radical (unpaired) electrons. The first-order chi connectivity index (χ1) is 9.98. The maximum Gasteiger partial charge on any atom is 0.232 e. The molecule has 124 valence electrons. The Kier molecular flexibility index (Phi) is 6.89. The number of likely N-dealkylation sites (tertiary alicyclic amines) is 1. The molecule has 1 aromatic carbocycles. The zero-order valence-corrected chi connectivity index (χ0v) is 15.0. The number of hydrogen-bond acceptors (Lipinski definition) is 2. The van der Waals surface area contributed by atoms with Gasteiger partial charge >= 0.3 is 0 Å². The Morgan fingerprint density at radius 2 is 1.77 bits per heavy atom. The van der Waals surface area contributed by atoms with Crippen LogP contribution in [0.1, 0.15) is 44.7 Å². The topological polar surface area (TPSA) is 32.3 Å². The van der Waals surface area contributed by atoms with Crippen molar-refractivity contribution in [3.63, 3.8) is 0 Å². The van der Waals surface area contributed by atoms with Crippen LogP contribution in [0.3, 0.4) is 0 Å². The summed E-state index contributed by atoms with van der Waals surface area (Å²) in [7, 11) is 2.00. The zero-order chi connectivity index (χ0) is 15.5. The van der Waals surface area contributed by atoms with E-state index in [2.05, 4.69) is 36.5 Å². The maximum atomic E-state index is 12.9. The van der Waals surface area contributed by atoms with Gasteiger partial charge in [0.05, 0.1) is 5.41 Å². The third-order valence-corrected chi connectivity index (χ3v) is 4.81. The number of benzene rings is 1. The van der Waals surface area contributed by atoms with E-state index in [1.165, 1.54) is 5.56 Å². The molecule has 1 aliphatic heterocycles. The minimum absolute atomic E-state index is 0. The summed E-state index contributed by atoms with van der Waals surface area (Å²) in [5.41, 5.74) is 1.98. The Hall–Kier alpha value is -1.06. The van der Waals surface area contributed by atoms with E-state index in [4.69, 9.17) is 0 Å². The number of nitrogens with zero attached hydrogens (tertiary/aromatic N) is 1. The van der Waals surface area contributed by atoms with Gasteiger partial charge in [0.1, 0.15) is 0 Å². The molecule has 1 amide bonds. The second kappa shape index (κ2) is 7.98. The smallest absolute Gasteiger partial charge is 0.232 e. The van der Waals surface area contributed by atoms with E-state index in [1.807, 2.05) is 25.8 Å². The number of nitrogens with one attached hydrogen (secondary N) is 1. The lowest BCUT2D eigenvalue weighted by Crippen LogP contribution is -2.49. The van der Waals surface area contributed by atoms with Gasteiger partial charge in [0.25, 0.3) is 0 Å². The molecule has 0 saturated carbocycles. The first kappa shape index (κ1) is 19.0. The van der Waals surface area contributed by atoms with Gasteiger partial charge in [-0.2, -0.15) is 0 Å². The summed E-state index contributed by atoms with van der Waals surface area (Å²) < 4.78 is 0. The summed E-state index contributed by atoms with van der Waals surface area (Å²) in [4.78, 5) is 14.9. The SMILES string of the molecule is CCc1ccc(C(C)(C)C(=O)N2CCC(NC)CC2)cc1.Cl. The largest absolute Gasteiger partial charge is 0.342 e. The molecule has 0 unspecified atom stereocenters. The number of piperidine rings is 1. The van der Waals surface area contributed by atoms with Crippen LogP contribution < -0.4 is 5.32 Å². The number of carbonyl (C=O) groups excluding carboxylic acids is 1. The van der Waals surface area contributed by atoms with E-state index in [0.29, 0.717) is 6.04 Å². The zero-order valence-electron chi connectivity index (χ0n) is 14.2. The summed E-state index contributed by atoms with van der Waals surface area (Å²) in [6.07, 6.45) is 3.13. The third-order valence-electron chi connectivity index (χ3n) is 4.81. The van der Waals surface area contributed by atoms with Crippen molar-refractivity contribution in [2.24, 2.45) is 0 Å². The molecular weight excluding hydrogens is 296 g/mol. The summed E-state index contributed by atoms with van der Waals surface area (Å²) in [6.45, 7) is 7.96. The minimum Gasteiger partial charge on any atom is -0.342 e. The third kappa shape index (κ3) is 4.02. The van der Waals surface area contributed by atoms with Gasteiger partial charge in [0.15, 0.2) is 0 Å². The molecule has 3 nitrogen and oxygen atoms in total. The molecule has 1 fully saturated rings. The highest BCUT2D eigenvalue weighted by Crippen LogP contribution is 2.27. The number of carbonyl (C=O) groups is 1. The van der Waals surface area contributed by atoms with Crippen molar-refractivity contribution in [2.75, 3.05) is 20.1 Å². The van der Waals surface area contributed by atoms with Gasteiger partial charge in [-0.05, 0) is 51.3 Å². The molecule has 1 aromatic rings. The van der Waals surface area contributed by atoms with E-state index in [1.54, 1.807) is 0 Å². The van der Waals surface area contributed by atoms with Crippen molar-refractivity contribution in [3.8, 4) is 0 Å². The van der Waals surface area contributed by atoms with Crippen molar-refractivity contribution in [2.45, 2.75) is 51.5 Å². The number of halogens is 1. The van der Waals surface area contributed by atoms with E-state index in [0.717, 1.165) is 37.9 Å². The normalized spacial score (nSPS) is 16.3. The second-order valence-electron chi connectivity index (χ2n) is 6.53. The molecule has 0 spiro atoms. The maximum absolute atomic E-state index is 12.9. The highest BCUT2D eigenvalue weighted by atomic mass is 35.5. The van der Waals surface area contributed by atoms with Crippen LogP contribution in [0.4, 0.5) is 0 Å². The van der Waals surface area contributed by atoms with Gasteiger partial charge in [-0.3, -0.25) is 4.79 Å². The van der Waals surface area contributed by atoms with Crippen molar-refractivity contribution < 1.29 is 4.79 Å². The Morgan fingerprint density at radius 3 is 2.23 bits per heavy atom. The van der Waals surface area contributed by atoms with Gasteiger partial charge in [0.2, 0.25) is 5.91 Å². The van der Waals surface area contributed by atoms with Gasteiger partial charge in [-0.1, -0.05) is 31.2 Å². The summed E-state index contributed by atoms with van der Waals surface area (Å²) in [5, 5.41) is 3.31. The Bertz CT molecular complexity index is 476. The molecule has 0 aromatic heterocycles. The van der Waals surface area contributed by atoms with Crippen LogP contribution in [0.15, 0.2) is 24.3 Å². The Labute approximate surface area is 140 Å². The van der Waals surface area contributed by atoms with Crippen molar-refractivity contribution in [1.29, 1.82) is 0 Å². The number of aryl methyl sites for hydroxylation is 1. The Balaban J connectivity index is 0.00000242. The van der Waals surface area contributed by atoms with Gasteiger partial charge in [-0.15, -0.1) is 12.4 Å². The lowest BCUT2D eigenvalue weighted by Gasteiger charge is -2.37. The molecule has 1 heterocycles. The number of amides is 1. The number of rotatable bonds is 4. The molecule has 1 saturated heterocycles. The molecule has 1 aliphatic rings. The Morgan fingerprint density at radius 1 is 1.23 bits per heavy atom. The van der Waals surface area contributed by atoms with Crippen LogP contribution in [0.5, 0.6) is 0 Å². The highest BCUT2D eigenvalue weighted by molar-refractivity contribution is 5.87. The van der Waals surface area contributed by atoms with Crippen LogP contribution >= 0.6 is 12.4 Å². The number of hydrogen-bond donors (Lipinski definition) is 1. The fourth-order valence-electron chi connectivity index (χ4n) is 3.05. The average molecular weight is 325 g/mol. The first-order valence-corrected chi connectivity index (χ1v) is 8.05. The predicted molar refractivity (Wildman–Crippen MR) is 94.8 cm³/mol.